The Balaban J connectivity index is 2.35. The van der Waals surface area contributed by atoms with Gasteiger partial charge in [-0.05, 0) is 35.7 Å². The van der Waals surface area contributed by atoms with Crippen LogP contribution >= 0.6 is 15.9 Å². The summed E-state index contributed by atoms with van der Waals surface area (Å²) in [4.78, 5) is 0.120. The average molecular weight is 279 g/mol. The summed E-state index contributed by atoms with van der Waals surface area (Å²) in [5.74, 6) is -0.201. The van der Waals surface area contributed by atoms with Crippen molar-refractivity contribution in [1.29, 1.82) is 0 Å². The molecule has 0 heterocycles. The first-order valence-electron chi connectivity index (χ1n) is 5.13. The Morgan fingerprint density at radius 3 is 2.25 bits per heavy atom. The Kier molecular flexibility index (Phi) is 3.39. The van der Waals surface area contributed by atoms with Crippen LogP contribution in [0.15, 0.2) is 48.5 Å². The molecule has 0 aliphatic carbocycles. The Hall–Kier alpha value is -1.15. The van der Waals surface area contributed by atoms with Crippen molar-refractivity contribution in [3.63, 3.8) is 0 Å². The Morgan fingerprint density at radius 1 is 1.00 bits per heavy atom. The SMILES string of the molecule is Cc1ccccc1C(Br)c1ccc(F)cc1. The van der Waals surface area contributed by atoms with Crippen LogP contribution < -0.4 is 0 Å². The number of halogens is 2. The van der Waals surface area contributed by atoms with Gasteiger partial charge in [0, 0.05) is 0 Å². The highest BCUT2D eigenvalue weighted by molar-refractivity contribution is 9.09. The number of aryl methyl sites for hydroxylation is 1. The summed E-state index contributed by atoms with van der Waals surface area (Å²) in [5, 5.41) is 0. The molecule has 82 valence electrons. The van der Waals surface area contributed by atoms with Crippen LogP contribution in [0, 0.1) is 12.7 Å². The van der Waals surface area contributed by atoms with Gasteiger partial charge >= 0.3 is 0 Å². The zero-order chi connectivity index (χ0) is 11.5. The summed E-state index contributed by atoms with van der Waals surface area (Å²) in [6.07, 6.45) is 0. The Labute approximate surface area is 103 Å². The van der Waals surface area contributed by atoms with E-state index in [4.69, 9.17) is 0 Å². The smallest absolute Gasteiger partial charge is 0.123 e. The van der Waals surface area contributed by atoms with E-state index in [0.717, 1.165) is 5.56 Å². The van der Waals surface area contributed by atoms with E-state index >= 15 is 0 Å². The van der Waals surface area contributed by atoms with Crippen LogP contribution in [0.4, 0.5) is 4.39 Å². The second kappa shape index (κ2) is 4.79. The lowest BCUT2D eigenvalue weighted by molar-refractivity contribution is 0.627. The molecule has 2 aromatic carbocycles. The molecule has 0 radical (unpaired) electrons. The highest BCUT2D eigenvalue weighted by Crippen LogP contribution is 2.32. The predicted octanol–water partition coefficient (Wildman–Crippen LogP) is 4.62. The molecule has 2 heteroatoms. The molecule has 0 aliphatic rings. The van der Waals surface area contributed by atoms with E-state index in [2.05, 4.69) is 35.0 Å². The standard InChI is InChI=1S/C14H12BrF/c1-10-4-2-3-5-13(10)14(15)11-6-8-12(16)9-7-11/h2-9,14H,1H3. The molecule has 0 aliphatic heterocycles. The van der Waals surface area contributed by atoms with Crippen LogP contribution in [0.25, 0.3) is 0 Å². The van der Waals surface area contributed by atoms with Crippen molar-refractivity contribution >= 4 is 15.9 Å². The van der Waals surface area contributed by atoms with Gasteiger partial charge in [-0.15, -0.1) is 0 Å². The topological polar surface area (TPSA) is 0 Å². The summed E-state index contributed by atoms with van der Waals surface area (Å²) in [5.41, 5.74) is 3.51. The van der Waals surface area contributed by atoms with Gasteiger partial charge in [0.2, 0.25) is 0 Å². The maximum atomic E-state index is 12.8. The molecular weight excluding hydrogens is 267 g/mol. The van der Waals surface area contributed by atoms with E-state index in [1.807, 2.05) is 12.1 Å². The monoisotopic (exact) mass is 278 g/mol. The molecule has 0 saturated heterocycles. The number of hydrogen-bond acceptors (Lipinski definition) is 0. The lowest BCUT2D eigenvalue weighted by Gasteiger charge is -2.13. The van der Waals surface area contributed by atoms with E-state index < -0.39 is 0 Å². The highest BCUT2D eigenvalue weighted by atomic mass is 79.9. The molecule has 2 rings (SSSR count). The van der Waals surface area contributed by atoms with Crippen LogP contribution in [0.5, 0.6) is 0 Å². The summed E-state index contributed by atoms with van der Waals surface area (Å²) in [7, 11) is 0. The van der Waals surface area contributed by atoms with Crippen molar-refractivity contribution < 1.29 is 4.39 Å². The maximum absolute atomic E-state index is 12.8. The van der Waals surface area contributed by atoms with Gasteiger partial charge in [-0.3, -0.25) is 0 Å². The molecular formula is C14H12BrF. The molecule has 0 N–H and O–H groups in total. The Morgan fingerprint density at radius 2 is 1.62 bits per heavy atom. The zero-order valence-electron chi connectivity index (χ0n) is 8.95. The largest absolute Gasteiger partial charge is 0.207 e. The highest BCUT2D eigenvalue weighted by Gasteiger charge is 2.11. The maximum Gasteiger partial charge on any atom is 0.123 e. The van der Waals surface area contributed by atoms with Gasteiger partial charge in [0.15, 0.2) is 0 Å². The molecule has 1 atom stereocenters. The number of alkyl halides is 1. The van der Waals surface area contributed by atoms with Crippen molar-refractivity contribution in [2.75, 3.05) is 0 Å². The second-order valence-corrected chi connectivity index (χ2v) is 4.69. The third-order valence-corrected chi connectivity index (χ3v) is 3.65. The first-order chi connectivity index (χ1) is 7.68. The zero-order valence-corrected chi connectivity index (χ0v) is 10.5. The summed E-state index contributed by atoms with van der Waals surface area (Å²) in [6.45, 7) is 2.08. The first kappa shape index (κ1) is 11.3. The van der Waals surface area contributed by atoms with Crippen molar-refractivity contribution in [1.82, 2.24) is 0 Å². The minimum absolute atomic E-state index is 0.120. The number of benzene rings is 2. The fourth-order valence-electron chi connectivity index (χ4n) is 1.68. The minimum Gasteiger partial charge on any atom is -0.207 e. The number of rotatable bonds is 2. The third kappa shape index (κ3) is 2.33. The van der Waals surface area contributed by atoms with Crippen LogP contribution in [0.1, 0.15) is 21.5 Å². The van der Waals surface area contributed by atoms with Gasteiger partial charge < -0.3 is 0 Å². The first-order valence-corrected chi connectivity index (χ1v) is 6.05. The molecule has 16 heavy (non-hydrogen) atoms. The van der Waals surface area contributed by atoms with E-state index in [1.165, 1.54) is 23.3 Å². The predicted molar refractivity (Wildman–Crippen MR) is 68.3 cm³/mol. The normalized spacial score (nSPS) is 12.4. The lowest BCUT2D eigenvalue weighted by Crippen LogP contribution is -1.95. The van der Waals surface area contributed by atoms with Gasteiger partial charge in [0.05, 0.1) is 4.83 Å². The average Bonchev–Trinajstić information content (AvgIpc) is 2.30. The molecule has 0 nitrogen and oxygen atoms in total. The van der Waals surface area contributed by atoms with Crippen LogP contribution in [-0.2, 0) is 0 Å². The van der Waals surface area contributed by atoms with Gasteiger partial charge in [-0.2, -0.15) is 0 Å². The van der Waals surface area contributed by atoms with Gasteiger partial charge in [0.25, 0.3) is 0 Å². The summed E-state index contributed by atoms with van der Waals surface area (Å²) in [6, 6.07) is 14.8. The van der Waals surface area contributed by atoms with Crippen LogP contribution in [0.2, 0.25) is 0 Å². The second-order valence-electron chi connectivity index (χ2n) is 3.77. The molecule has 0 spiro atoms. The van der Waals surface area contributed by atoms with E-state index in [-0.39, 0.29) is 10.6 Å². The quantitative estimate of drug-likeness (QED) is 0.704. The van der Waals surface area contributed by atoms with Crippen molar-refractivity contribution in [2.45, 2.75) is 11.8 Å². The van der Waals surface area contributed by atoms with Crippen molar-refractivity contribution in [3.05, 3.63) is 71.0 Å². The van der Waals surface area contributed by atoms with Crippen LogP contribution in [-0.4, -0.2) is 0 Å². The molecule has 0 fully saturated rings. The van der Waals surface area contributed by atoms with Crippen molar-refractivity contribution in [3.8, 4) is 0 Å². The Bertz CT molecular complexity index is 476. The molecule has 0 bridgehead atoms. The number of hydrogen-bond donors (Lipinski definition) is 0. The van der Waals surface area contributed by atoms with Crippen molar-refractivity contribution in [2.24, 2.45) is 0 Å². The molecule has 0 aromatic heterocycles. The van der Waals surface area contributed by atoms with Crippen LogP contribution in [0.3, 0.4) is 0 Å². The summed E-state index contributed by atoms with van der Waals surface area (Å²) >= 11 is 3.65. The fraction of sp³-hybridized carbons (Fsp3) is 0.143. The van der Waals surface area contributed by atoms with Gasteiger partial charge in [0.1, 0.15) is 5.82 Å². The van der Waals surface area contributed by atoms with E-state index in [0.29, 0.717) is 0 Å². The summed E-state index contributed by atoms with van der Waals surface area (Å²) < 4.78 is 12.8. The van der Waals surface area contributed by atoms with E-state index in [1.54, 1.807) is 12.1 Å². The minimum atomic E-state index is -0.201. The van der Waals surface area contributed by atoms with Gasteiger partial charge in [-0.1, -0.05) is 52.3 Å². The molecule has 2 aromatic rings. The van der Waals surface area contributed by atoms with Gasteiger partial charge in [-0.25, -0.2) is 4.39 Å². The molecule has 1 unspecified atom stereocenters. The molecule has 0 saturated carbocycles. The lowest BCUT2D eigenvalue weighted by atomic mass is 10.0. The van der Waals surface area contributed by atoms with E-state index in [9.17, 15) is 4.39 Å². The molecule has 0 amide bonds. The fourth-order valence-corrected chi connectivity index (χ4v) is 2.50. The third-order valence-electron chi connectivity index (χ3n) is 2.62.